The summed E-state index contributed by atoms with van der Waals surface area (Å²) in [6, 6.07) is 0. The van der Waals surface area contributed by atoms with Crippen LogP contribution in [0.1, 0.15) is 32.5 Å². The average molecular weight is 282 g/mol. The topological polar surface area (TPSA) is 55.7 Å². The van der Waals surface area contributed by atoms with Crippen LogP contribution in [0.15, 0.2) is 12.4 Å². The summed E-state index contributed by atoms with van der Waals surface area (Å²) < 4.78 is 0. The Bertz CT molecular complexity index is 582. The van der Waals surface area contributed by atoms with E-state index in [4.69, 9.17) is 11.6 Å². The van der Waals surface area contributed by atoms with Crippen LogP contribution in [-0.4, -0.2) is 20.7 Å². The van der Waals surface area contributed by atoms with Gasteiger partial charge < -0.3 is 0 Å². The zero-order valence-electron chi connectivity index (χ0n) is 10.1. The molecule has 2 heterocycles. The fourth-order valence-electron chi connectivity index (χ4n) is 1.49. The van der Waals surface area contributed by atoms with Crippen molar-refractivity contribution >= 4 is 28.7 Å². The highest BCUT2D eigenvalue weighted by Crippen LogP contribution is 2.15. The number of hydrogen-bond donors (Lipinski definition) is 0. The fraction of sp³-hybridized carbons (Fsp3) is 0.333. The molecule has 0 N–H and O–H groups in total. The van der Waals surface area contributed by atoms with E-state index in [1.54, 1.807) is 18.3 Å². The molecule has 0 aromatic carbocycles. The van der Waals surface area contributed by atoms with E-state index >= 15 is 0 Å². The van der Waals surface area contributed by atoms with Crippen molar-refractivity contribution in [2.45, 2.75) is 26.7 Å². The second kappa shape index (κ2) is 5.54. The second-order valence-corrected chi connectivity index (χ2v) is 5.58. The Morgan fingerprint density at radius 2 is 2.11 bits per heavy atom. The first-order valence-electron chi connectivity index (χ1n) is 5.50. The zero-order chi connectivity index (χ0) is 13.1. The summed E-state index contributed by atoms with van der Waals surface area (Å²) in [6.07, 6.45) is 4.34. The lowest BCUT2D eigenvalue weighted by Crippen LogP contribution is -2.05. The van der Waals surface area contributed by atoms with Gasteiger partial charge in [0, 0.05) is 17.5 Å². The molecule has 2 aromatic rings. The molecule has 0 saturated heterocycles. The normalized spacial score (nSPS) is 10.6. The first kappa shape index (κ1) is 13.1. The number of halogens is 1. The van der Waals surface area contributed by atoms with Crippen molar-refractivity contribution in [3.05, 3.63) is 38.8 Å². The number of carbonyl (C=O) groups excluding carboxylic acids is 1. The minimum Gasteiger partial charge on any atom is -0.292 e. The van der Waals surface area contributed by atoms with Crippen molar-refractivity contribution in [3.8, 4) is 0 Å². The zero-order valence-corrected chi connectivity index (χ0v) is 11.7. The Balaban J connectivity index is 2.01. The van der Waals surface area contributed by atoms with Crippen LogP contribution in [0.4, 0.5) is 0 Å². The van der Waals surface area contributed by atoms with Gasteiger partial charge in [0.05, 0.1) is 16.9 Å². The Morgan fingerprint density at radius 3 is 2.72 bits per heavy atom. The molecule has 0 unspecified atom stereocenters. The molecule has 0 fully saturated rings. The number of carbonyl (C=O) groups is 1. The smallest absolute Gasteiger partial charge is 0.183 e. The van der Waals surface area contributed by atoms with Crippen LogP contribution in [0, 0.1) is 13.8 Å². The summed E-state index contributed by atoms with van der Waals surface area (Å²) in [7, 11) is 0. The number of ketones is 1. The van der Waals surface area contributed by atoms with E-state index in [1.165, 1.54) is 6.20 Å². The lowest BCUT2D eigenvalue weighted by molar-refractivity contribution is 0.0977. The predicted molar refractivity (Wildman–Crippen MR) is 71.3 cm³/mol. The van der Waals surface area contributed by atoms with Crippen molar-refractivity contribution in [2.24, 2.45) is 0 Å². The molecule has 94 valence electrons. The van der Waals surface area contributed by atoms with Crippen LogP contribution >= 0.6 is 22.9 Å². The van der Waals surface area contributed by atoms with Crippen LogP contribution in [-0.2, 0) is 6.42 Å². The van der Waals surface area contributed by atoms with E-state index in [2.05, 4.69) is 15.0 Å². The summed E-state index contributed by atoms with van der Waals surface area (Å²) in [4.78, 5) is 25.3. The van der Waals surface area contributed by atoms with Gasteiger partial charge in [-0.05, 0) is 20.3 Å². The van der Waals surface area contributed by atoms with E-state index in [1.807, 2.05) is 13.1 Å². The number of Topliss-reactive ketones (excluding diaryl/α,β-unsaturated/α-hetero) is 1. The predicted octanol–water partition coefficient (Wildman–Crippen LogP) is 3.02. The van der Waals surface area contributed by atoms with Crippen LogP contribution in [0.25, 0.3) is 0 Å². The molecular formula is C12H12ClN3OS. The van der Waals surface area contributed by atoms with Gasteiger partial charge in [0.15, 0.2) is 5.78 Å². The molecule has 6 heteroatoms. The number of aromatic nitrogens is 3. The highest BCUT2D eigenvalue weighted by Gasteiger charge is 2.11. The Hall–Kier alpha value is -1.33. The molecule has 0 aliphatic carbocycles. The highest BCUT2D eigenvalue weighted by atomic mass is 35.5. The summed E-state index contributed by atoms with van der Waals surface area (Å²) in [5.74, 6) is -0.0201. The fourth-order valence-corrected chi connectivity index (χ4v) is 2.37. The van der Waals surface area contributed by atoms with Gasteiger partial charge in [0.25, 0.3) is 0 Å². The molecule has 0 radical (unpaired) electrons. The molecule has 0 aliphatic heterocycles. The summed E-state index contributed by atoms with van der Waals surface area (Å²) in [6.45, 7) is 3.68. The molecule has 0 bridgehead atoms. The Kier molecular flexibility index (Phi) is 4.04. The maximum atomic E-state index is 11.9. The van der Waals surface area contributed by atoms with Gasteiger partial charge in [0.1, 0.15) is 10.8 Å². The molecule has 0 saturated carbocycles. The number of hydrogen-bond acceptors (Lipinski definition) is 5. The third-order valence-corrected chi connectivity index (χ3v) is 3.78. The molecule has 2 aromatic heterocycles. The molecule has 0 aliphatic rings. The maximum absolute atomic E-state index is 11.9. The van der Waals surface area contributed by atoms with Gasteiger partial charge in [0.2, 0.25) is 0 Å². The minimum atomic E-state index is -0.0201. The van der Waals surface area contributed by atoms with Crippen molar-refractivity contribution in [3.63, 3.8) is 0 Å². The van der Waals surface area contributed by atoms with E-state index in [-0.39, 0.29) is 5.78 Å². The summed E-state index contributed by atoms with van der Waals surface area (Å²) >= 11 is 7.38. The van der Waals surface area contributed by atoms with Crippen molar-refractivity contribution in [1.29, 1.82) is 0 Å². The molecule has 2 rings (SSSR count). The third-order valence-electron chi connectivity index (χ3n) is 2.44. The Labute approximate surface area is 114 Å². The van der Waals surface area contributed by atoms with Crippen LogP contribution in [0.3, 0.4) is 0 Å². The first-order valence-corrected chi connectivity index (χ1v) is 6.69. The number of aryl methyl sites for hydroxylation is 3. The molecule has 0 spiro atoms. The van der Waals surface area contributed by atoms with Gasteiger partial charge >= 0.3 is 0 Å². The number of thiazole rings is 1. The van der Waals surface area contributed by atoms with Crippen molar-refractivity contribution in [1.82, 2.24) is 15.0 Å². The molecule has 0 atom stereocenters. The third kappa shape index (κ3) is 3.11. The lowest BCUT2D eigenvalue weighted by Gasteiger charge is -2.01. The Morgan fingerprint density at radius 1 is 1.33 bits per heavy atom. The molecular weight excluding hydrogens is 270 g/mol. The summed E-state index contributed by atoms with van der Waals surface area (Å²) in [5.41, 5.74) is 0.953. The minimum absolute atomic E-state index is 0.0201. The van der Waals surface area contributed by atoms with E-state index in [0.717, 1.165) is 9.88 Å². The van der Waals surface area contributed by atoms with Gasteiger partial charge in [-0.15, -0.1) is 11.3 Å². The van der Waals surface area contributed by atoms with Gasteiger partial charge in [-0.2, -0.15) is 0 Å². The molecule has 18 heavy (non-hydrogen) atoms. The number of rotatable bonds is 4. The standard InChI is InChI=1S/C12H12ClN3OS/c1-7-12(13)15-6-10(16-7)11(17)4-3-9-5-14-8(2)18-9/h5-6H,3-4H2,1-2H3. The second-order valence-electron chi connectivity index (χ2n) is 3.90. The summed E-state index contributed by atoms with van der Waals surface area (Å²) in [5, 5.41) is 1.35. The van der Waals surface area contributed by atoms with Gasteiger partial charge in [-0.1, -0.05) is 11.6 Å². The van der Waals surface area contributed by atoms with Crippen LogP contribution in [0.5, 0.6) is 0 Å². The largest absolute Gasteiger partial charge is 0.292 e. The SMILES string of the molecule is Cc1ncc(CCC(=O)c2cnc(Cl)c(C)n2)s1. The van der Waals surface area contributed by atoms with E-state index in [9.17, 15) is 4.79 Å². The van der Waals surface area contributed by atoms with E-state index < -0.39 is 0 Å². The first-order chi connectivity index (χ1) is 8.56. The van der Waals surface area contributed by atoms with Crippen LogP contribution < -0.4 is 0 Å². The molecule has 4 nitrogen and oxygen atoms in total. The quantitative estimate of drug-likeness (QED) is 0.809. The maximum Gasteiger partial charge on any atom is 0.183 e. The van der Waals surface area contributed by atoms with Gasteiger partial charge in [-0.25, -0.2) is 15.0 Å². The highest BCUT2D eigenvalue weighted by molar-refractivity contribution is 7.11. The molecule has 0 amide bonds. The monoisotopic (exact) mass is 281 g/mol. The lowest BCUT2D eigenvalue weighted by atomic mass is 10.1. The van der Waals surface area contributed by atoms with Gasteiger partial charge in [-0.3, -0.25) is 4.79 Å². The van der Waals surface area contributed by atoms with Crippen molar-refractivity contribution in [2.75, 3.05) is 0 Å². The van der Waals surface area contributed by atoms with Crippen molar-refractivity contribution < 1.29 is 4.79 Å². The average Bonchev–Trinajstić information content (AvgIpc) is 2.75. The number of nitrogens with zero attached hydrogens (tertiary/aromatic N) is 3. The van der Waals surface area contributed by atoms with E-state index in [0.29, 0.717) is 29.4 Å². The van der Waals surface area contributed by atoms with Crippen LogP contribution in [0.2, 0.25) is 5.15 Å².